The minimum Gasteiger partial charge on any atom is -0.456 e. The second kappa shape index (κ2) is 5.97. The predicted octanol–water partition coefficient (Wildman–Crippen LogP) is 2.60. The lowest BCUT2D eigenvalue weighted by atomic mass is 9.73. The molecule has 4 atom stereocenters. The van der Waals surface area contributed by atoms with Gasteiger partial charge in [-0.05, 0) is 59.8 Å². The van der Waals surface area contributed by atoms with Crippen LogP contribution in [0.5, 0.6) is 0 Å². The van der Waals surface area contributed by atoms with Gasteiger partial charge >= 0.3 is 12.1 Å². The molecule has 0 aromatic heterocycles. The van der Waals surface area contributed by atoms with E-state index in [0.717, 1.165) is 19.3 Å². The Hall–Kier alpha value is -2.05. The van der Waals surface area contributed by atoms with E-state index in [1.807, 2.05) is 32.6 Å². The van der Waals surface area contributed by atoms with Crippen molar-refractivity contribution in [2.24, 2.45) is 5.41 Å². The first-order chi connectivity index (χ1) is 12.6. The zero-order valence-electron chi connectivity index (χ0n) is 16.5. The number of hydrogen-bond donors (Lipinski definition) is 0. The van der Waals surface area contributed by atoms with Crippen LogP contribution >= 0.6 is 0 Å². The van der Waals surface area contributed by atoms with Gasteiger partial charge in [0.2, 0.25) is 5.91 Å². The van der Waals surface area contributed by atoms with E-state index in [0.29, 0.717) is 18.5 Å². The molecule has 0 radical (unpaired) electrons. The molecule has 0 aromatic carbocycles. The molecule has 4 aliphatic rings. The zero-order valence-corrected chi connectivity index (χ0v) is 16.5. The molecule has 4 aliphatic heterocycles. The van der Waals surface area contributed by atoms with Gasteiger partial charge in [-0.1, -0.05) is 0 Å². The summed E-state index contributed by atoms with van der Waals surface area (Å²) in [5, 5.41) is 0. The van der Waals surface area contributed by atoms with Gasteiger partial charge in [0.15, 0.2) is 0 Å². The molecule has 0 N–H and O–H groups in total. The van der Waals surface area contributed by atoms with Crippen molar-refractivity contribution in [2.75, 3.05) is 6.61 Å². The molecule has 27 heavy (non-hydrogen) atoms. The average molecular weight is 376 g/mol. The fourth-order valence-electron chi connectivity index (χ4n) is 5.42. The van der Waals surface area contributed by atoms with Crippen LogP contribution in [-0.4, -0.2) is 58.1 Å². The molecule has 0 aromatic rings. The van der Waals surface area contributed by atoms with Gasteiger partial charge in [0, 0.05) is 24.2 Å². The monoisotopic (exact) mass is 376 g/mol. The van der Waals surface area contributed by atoms with Gasteiger partial charge in [-0.15, -0.1) is 0 Å². The second-order valence-corrected chi connectivity index (χ2v) is 9.43. The average Bonchev–Trinajstić information content (AvgIpc) is 3.14. The highest BCUT2D eigenvalue weighted by Gasteiger charge is 2.59. The van der Waals surface area contributed by atoms with Gasteiger partial charge in [-0.3, -0.25) is 4.79 Å². The highest BCUT2D eigenvalue weighted by molar-refractivity contribution is 5.91. The Bertz CT molecular complexity index is 708. The van der Waals surface area contributed by atoms with E-state index in [1.165, 1.54) is 6.08 Å². The van der Waals surface area contributed by atoms with Gasteiger partial charge in [0.05, 0.1) is 11.1 Å². The van der Waals surface area contributed by atoms with Gasteiger partial charge in [0.25, 0.3) is 0 Å². The highest BCUT2D eigenvalue weighted by Crippen LogP contribution is 2.53. The van der Waals surface area contributed by atoms with E-state index in [-0.39, 0.29) is 42.7 Å². The molecular weight excluding hydrogens is 348 g/mol. The van der Waals surface area contributed by atoms with Crippen LogP contribution in [0.15, 0.2) is 11.8 Å². The fraction of sp³-hybridized carbons (Fsp3) is 0.750. The summed E-state index contributed by atoms with van der Waals surface area (Å²) >= 11 is 0. The largest absolute Gasteiger partial charge is 0.456 e. The lowest BCUT2D eigenvalue weighted by Gasteiger charge is -2.43. The molecule has 2 bridgehead atoms. The Morgan fingerprint density at radius 2 is 1.81 bits per heavy atom. The minimum absolute atomic E-state index is 0.0331. The number of hydrogen-bond acceptors (Lipinski definition) is 5. The number of rotatable bonds is 1. The molecule has 1 unspecified atom stereocenters. The fourth-order valence-corrected chi connectivity index (χ4v) is 5.42. The first-order valence-electron chi connectivity index (χ1n) is 9.82. The number of ether oxygens (including phenoxy) is 2. The standard InChI is InChI=1S/C20H28N2O5/c1-12-8-20(17(24)21(12)15-7-16(23)26-11-15)9-13-5-6-14(10-20)22(13)18(25)27-19(2,3)4/h7,12-14H,5-6,8-11H2,1-4H3/t12?,13-,14+,20+. The number of carbonyl (C=O) groups is 3. The molecule has 3 fully saturated rings. The van der Waals surface area contributed by atoms with E-state index < -0.39 is 11.0 Å². The van der Waals surface area contributed by atoms with Crippen LogP contribution in [0.4, 0.5) is 4.79 Å². The quantitative estimate of drug-likeness (QED) is 0.658. The van der Waals surface area contributed by atoms with Crippen LogP contribution in [0.3, 0.4) is 0 Å². The lowest BCUT2D eigenvalue weighted by Crippen LogP contribution is -2.53. The van der Waals surface area contributed by atoms with Crippen molar-refractivity contribution in [3.63, 3.8) is 0 Å². The Morgan fingerprint density at radius 1 is 1.19 bits per heavy atom. The Kier molecular flexibility index (Phi) is 4.05. The molecule has 3 saturated heterocycles. The minimum atomic E-state index is -0.526. The maximum Gasteiger partial charge on any atom is 0.410 e. The number of cyclic esters (lactones) is 1. The van der Waals surface area contributed by atoms with Crippen LogP contribution in [0.2, 0.25) is 0 Å². The molecule has 1 spiro atoms. The van der Waals surface area contributed by atoms with Crippen molar-refractivity contribution in [3.05, 3.63) is 11.8 Å². The van der Waals surface area contributed by atoms with Crippen LogP contribution in [0.1, 0.15) is 59.8 Å². The summed E-state index contributed by atoms with van der Waals surface area (Å²) < 4.78 is 10.6. The Balaban J connectivity index is 1.54. The first-order valence-corrected chi connectivity index (χ1v) is 9.82. The maximum absolute atomic E-state index is 13.4. The Labute approximate surface area is 159 Å². The number of esters is 1. The van der Waals surface area contributed by atoms with E-state index in [1.54, 1.807) is 4.90 Å². The van der Waals surface area contributed by atoms with Gasteiger partial charge in [-0.2, -0.15) is 0 Å². The van der Waals surface area contributed by atoms with Gasteiger partial charge < -0.3 is 19.3 Å². The molecule has 0 aliphatic carbocycles. The molecule has 7 heteroatoms. The molecule has 4 heterocycles. The number of likely N-dealkylation sites (tertiary alicyclic amines) is 1. The molecule has 7 nitrogen and oxygen atoms in total. The maximum atomic E-state index is 13.4. The summed E-state index contributed by atoms with van der Waals surface area (Å²) in [6.45, 7) is 7.81. The van der Waals surface area contributed by atoms with Gasteiger partial charge in [-0.25, -0.2) is 9.59 Å². The second-order valence-electron chi connectivity index (χ2n) is 9.43. The van der Waals surface area contributed by atoms with E-state index in [4.69, 9.17) is 9.47 Å². The SMILES string of the molecule is CC1C[C@@]2(C[C@H]3CC[C@@H](C2)N3C(=O)OC(C)(C)C)C(=O)N1C1=CC(=O)OC1. The molecule has 4 rings (SSSR count). The van der Waals surface area contributed by atoms with E-state index in [9.17, 15) is 14.4 Å². The summed E-state index contributed by atoms with van der Waals surface area (Å²) in [6.07, 6.45) is 5.09. The summed E-state index contributed by atoms with van der Waals surface area (Å²) in [5.41, 5.74) is -0.311. The number of carbonyl (C=O) groups excluding carboxylic acids is 3. The zero-order chi connectivity index (χ0) is 19.6. The van der Waals surface area contributed by atoms with Gasteiger partial charge in [0.1, 0.15) is 12.2 Å². The third-order valence-electron chi connectivity index (χ3n) is 6.23. The van der Waals surface area contributed by atoms with Crippen LogP contribution in [-0.2, 0) is 19.1 Å². The molecule has 148 valence electrons. The highest BCUT2D eigenvalue weighted by atomic mass is 16.6. The van der Waals surface area contributed by atoms with Crippen molar-refractivity contribution >= 4 is 18.0 Å². The molecule has 0 saturated carbocycles. The lowest BCUT2D eigenvalue weighted by molar-refractivity contribution is -0.140. The Morgan fingerprint density at radius 3 is 2.33 bits per heavy atom. The first kappa shape index (κ1) is 18.3. The number of nitrogens with zero attached hydrogens (tertiary/aromatic N) is 2. The predicted molar refractivity (Wildman–Crippen MR) is 96.5 cm³/mol. The van der Waals surface area contributed by atoms with Crippen molar-refractivity contribution < 1.29 is 23.9 Å². The summed E-state index contributed by atoms with van der Waals surface area (Å²) in [7, 11) is 0. The molecular formula is C20H28N2O5. The smallest absolute Gasteiger partial charge is 0.410 e. The van der Waals surface area contributed by atoms with Crippen molar-refractivity contribution in [2.45, 2.75) is 83.5 Å². The van der Waals surface area contributed by atoms with E-state index in [2.05, 4.69) is 0 Å². The van der Waals surface area contributed by atoms with Crippen LogP contribution in [0, 0.1) is 5.41 Å². The normalized spacial score (nSPS) is 35.7. The van der Waals surface area contributed by atoms with Crippen molar-refractivity contribution in [1.82, 2.24) is 9.80 Å². The summed E-state index contributed by atoms with van der Waals surface area (Å²) in [5.74, 6) is -0.300. The number of piperidine rings is 1. The summed E-state index contributed by atoms with van der Waals surface area (Å²) in [6, 6.07) is 0.126. The molecule has 2 amide bonds. The number of amides is 2. The van der Waals surface area contributed by atoms with Crippen molar-refractivity contribution in [3.8, 4) is 0 Å². The van der Waals surface area contributed by atoms with Crippen LogP contribution in [0.25, 0.3) is 0 Å². The van der Waals surface area contributed by atoms with Crippen LogP contribution < -0.4 is 0 Å². The van der Waals surface area contributed by atoms with E-state index >= 15 is 0 Å². The third-order valence-corrected chi connectivity index (χ3v) is 6.23. The topological polar surface area (TPSA) is 76.2 Å². The summed E-state index contributed by atoms with van der Waals surface area (Å²) in [4.78, 5) is 41.1. The number of fused-ring (bicyclic) bond motifs is 2. The third kappa shape index (κ3) is 3.01. The van der Waals surface area contributed by atoms with Crippen molar-refractivity contribution in [1.29, 1.82) is 0 Å².